The Labute approximate surface area is 134 Å². The van der Waals surface area contributed by atoms with E-state index in [2.05, 4.69) is 27.4 Å². The van der Waals surface area contributed by atoms with E-state index in [0.717, 1.165) is 24.9 Å². The smallest absolute Gasteiger partial charge is 0.228 e. The molecule has 0 atom stereocenters. The molecule has 22 heavy (non-hydrogen) atoms. The van der Waals surface area contributed by atoms with Crippen LogP contribution in [0.15, 0.2) is 33.8 Å². The minimum Gasteiger partial charge on any atom is -0.370 e. The lowest BCUT2D eigenvalue weighted by Gasteiger charge is -2.02. The second kappa shape index (κ2) is 8.38. The van der Waals surface area contributed by atoms with Crippen molar-refractivity contribution >= 4 is 17.6 Å². The van der Waals surface area contributed by atoms with Crippen molar-refractivity contribution in [3.63, 3.8) is 0 Å². The molecule has 0 amide bonds. The summed E-state index contributed by atoms with van der Waals surface area (Å²) >= 11 is 5.95. The molecule has 2 aromatic rings. The highest BCUT2D eigenvalue weighted by atomic mass is 35.5. The summed E-state index contributed by atoms with van der Waals surface area (Å²) in [7, 11) is 0. The second-order valence-electron chi connectivity index (χ2n) is 4.82. The lowest BCUT2D eigenvalue weighted by molar-refractivity contribution is 0.379. The molecule has 1 aromatic heterocycles. The fraction of sp³-hybridized carbons (Fsp3) is 0.400. The Morgan fingerprint density at radius 2 is 2.32 bits per heavy atom. The molecule has 0 bridgehead atoms. The van der Waals surface area contributed by atoms with Crippen molar-refractivity contribution in [3.05, 3.63) is 35.2 Å². The number of hydrogen-bond donors (Lipinski definition) is 2. The number of nitrogens with one attached hydrogen (secondary N) is 1. The van der Waals surface area contributed by atoms with E-state index in [9.17, 15) is 0 Å². The number of halogens is 1. The van der Waals surface area contributed by atoms with Gasteiger partial charge in [0.05, 0.1) is 0 Å². The Hall–Kier alpha value is -2.08. The molecule has 1 aromatic carbocycles. The van der Waals surface area contributed by atoms with Gasteiger partial charge in [0.15, 0.2) is 5.96 Å². The highest BCUT2D eigenvalue weighted by molar-refractivity contribution is 6.30. The third kappa shape index (κ3) is 5.04. The van der Waals surface area contributed by atoms with Gasteiger partial charge in [-0.25, -0.2) is 0 Å². The molecule has 0 radical (unpaired) electrons. The minimum absolute atomic E-state index is 0.447. The van der Waals surface area contributed by atoms with Gasteiger partial charge in [-0.3, -0.25) is 4.99 Å². The number of nitrogens with zero attached hydrogens (tertiary/aromatic N) is 3. The van der Waals surface area contributed by atoms with Crippen LogP contribution in [-0.4, -0.2) is 29.2 Å². The zero-order chi connectivity index (χ0) is 15.8. The lowest BCUT2D eigenvalue weighted by atomic mass is 10.2. The topological polar surface area (TPSA) is 89.3 Å². The summed E-state index contributed by atoms with van der Waals surface area (Å²) in [5.74, 6) is 1.52. The van der Waals surface area contributed by atoms with Crippen LogP contribution in [0.2, 0.25) is 5.02 Å². The van der Waals surface area contributed by atoms with Gasteiger partial charge in [-0.2, -0.15) is 4.98 Å². The van der Waals surface area contributed by atoms with E-state index in [1.807, 2.05) is 12.1 Å². The average Bonchev–Trinajstić information content (AvgIpc) is 2.96. The van der Waals surface area contributed by atoms with E-state index < -0.39 is 0 Å². The number of aromatic nitrogens is 2. The van der Waals surface area contributed by atoms with Crippen molar-refractivity contribution in [2.24, 2.45) is 10.7 Å². The van der Waals surface area contributed by atoms with Crippen LogP contribution in [-0.2, 0) is 6.42 Å². The molecular formula is C15H20ClN5O. The molecule has 0 saturated heterocycles. The van der Waals surface area contributed by atoms with Gasteiger partial charge in [-0.15, -0.1) is 0 Å². The van der Waals surface area contributed by atoms with Gasteiger partial charge < -0.3 is 15.6 Å². The molecule has 6 nitrogen and oxygen atoms in total. The van der Waals surface area contributed by atoms with E-state index >= 15 is 0 Å². The monoisotopic (exact) mass is 321 g/mol. The van der Waals surface area contributed by atoms with Crippen LogP contribution in [0.25, 0.3) is 11.4 Å². The Kier molecular flexibility index (Phi) is 6.21. The summed E-state index contributed by atoms with van der Waals surface area (Å²) in [6.07, 6.45) is 2.72. The number of hydrogen-bond acceptors (Lipinski definition) is 4. The Bertz CT molecular complexity index is 626. The quantitative estimate of drug-likeness (QED) is 0.465. The van der Waals surface area contributed by atoms with Gasteiger partial charge in [-0.05, 0) is 18.6 Å². The molecule has 3 N–H and O–H groups in total. The first-order valence-corrected chi connectivity index (χ1v) is 7.69. The average molecular weight is 322 g/mol. The first-order chi connectivity index (χ1) is 10.7. The van der Waals surface area contributed by atoms with Crippen molar-refractivity contribution in [3.8, 4) is 11.4 Å². The number of nitrogens with two attached hydrogens (primary N) is 1. The molecule has 7 heteroatoms. The predicted octanol–water partition coefficient (Wildman–Crippen LogP) is 2.64. The number of rotatable bonds is 7. The highest BCUT2D eigenvalue weighted by Gasteiger charge is 2.08. The van der Waals surface area contributed by atoms with Crippen molar-refractivity contribution in [2.75, 3.05) is 13.1 Å². The molecule has 0 aliphatic heterocycles. The van der Waals surface area contributed by atoms with Crippen molar-refractivity contribution < 1.29 is 4.52 Å². The van der Waals surface area contributed by atoms with E-state index in [-0.39, 0.29) is 0 Å². The molecule has 0 aliphatic rings. The summed E-state index contributed by atoms with van der Waals surface area (Å²) in [6.45, 7) is 3.46. The number of benzene rings is 1. The maximum atomic E-state index is 5.95. The summed E-state index contributed by atoms with van der Waals surface area (Å²) in [5, 5.41) is 7.62. The molecule has 2 rings (SSSR count). The largest absolute Gasteiger partial charge is 0.370 e. The van der Waals surface area contributed by atoms with Crippen LogP contribution in [0.3, 0.4) is 0 Å². The number of guanidine groups is 1. The van der Waals surface area contributed by atoms with E-state index in [0.29, 0.717) is 35.7 Å². The van der Waals surface area contributed by atoms with Gasteiger partial charge in [0, 0.05) is 30.1 Å². The molecular weight excluding hydrogens is 302 g/mol. The van der Waals surface area contributed by atoms with Crippen LogP contribution < -0.4 is 11.1 Å². The predicted molar refractivity (Wildman–Crippen MR) is 87.8 cm³/mol. The summed E-state index contributed by atoms with van der Waals surface area (Å²) in [4.78, 5) is 8.55. The maximum absolute atomic E-state index is 5.95. The van der Waals surface area contributed by atoms with Crippen LogP contribution in [0.5, 0.6) is 0 Å². The van der Waals surface area contributed by atoms with Gasteiger partial charge in [0.25, 0.3) is 0 Å². The molecule has 0 spiro atoms. The van der Waals surface area contributed by atoms with Crippen LogP contribution in [0.4, 0.5) is 0 Å². The molecule has 118 valence electrons. The summed E-state index contributed by atoms with van der Waals surface area (Å²) in [6, 6.07) is 7.34. The molecule has 0 saturated carbocycles. The van der Waals surface area contributed by atoms with Crippen molar-refractivity contribution in [1.29, 1.82) is 0 Å². The van der Waals surface area contributed by atoms with Gasteiger partial charge >= 0.3 is 0 Å². The molecule has 0 unspecified atom stereocenters. The molecule has 0 fully saturated rings. The minimum atomic E-state index is 0.447. The third-order valence-corrected chi connectivity index (χ3v) is 3.22. The SMILES string of the molecule is CCCCN=C(N)NCCc1nc(-c2cccc(Cl)c2)no1. The van der Waals surface area contributed by atoms with Gasteiger partial charge in [-0.1, -0.05) is 42.2 Å². The first kappa shape index (κ1) is 16.3. The fourth-order valence-electron chi connectivity index (χ4n) is 1.81. The highest BCUT2D eigenvalue weighted by Crippen LogP contribution is 2.19. The van der Waals surface area contributed by atoms with Gasteiger partial charge in [0.1, 0.15) is 0 Å². The summed E-state index contributed by atoms with van der Waals surface area (Å²) in [5.41, 5.74) is 6.58. The fourth-order valence-corrected chi connectivity index (χ4v) is 2.00. The third-order valence-electron chi connectivity index (χ3n) is 2.99. The molecule has 1 heterocycles. The maximum Gasteiger partial charge on any atom is 0.228 e. The first-order valence-electron chi connectivity index (χ1n) is 7.31. The van der Waals surface area contributed by atoms with E-state index in [4.69, 9.17) is 21.9 Å². The van der Waals surface area contributed by atoms with Gasteiger partial charge in [0.2, 0.25) is 11.7 Å². The molecule has 0 aliphatic carbocycles. The Morgan fingerprint density at radius 3 is 3.09 bits per heavy atom. The summed E-state index contributed by atoms with van der Waals surface area (Å²) < 4.78 is 5.21. The van der Waals surface area contributed by atoms with E-state index in [1.54, 1.807) is 12.1 Å². The number of unbranched alkanes of at least 4 members (excludes halogenated alkanes) is 1. The van der Waals surface area contributed by atoms with Crippen LogP contribution in [0.1, 0.15) is 25.7 Å². The van der Waals surface area contributed by atoms with Crippen LogP contribution in [0, 0.1) is 0 Å². The van der Waals surface area contributed by atoms with Crippen molar-refractivity contribution in [2.45, 2.75) is 26.2 Å². The zero-order valence-electron chi connectivity index (χ0n) is 12.6. The lowest BCUT2D eigenvalue weighted by Crippen LogP contribution is -2.33. The zero-order valence-corrected chi connectivity index (χ0v) is 13.3. The van der Waals surface area contributed by atoms with Crippen LogP contribution >= 0.6 is 11.6 Å². The normalized spacial score (nSPS) is 11.6. The van der Waals surface area contributed by atoms with E-state index in [1.165, 1.54) is 0 Å². The van der Waals surface area contributed by atoms with Crippen molar-refractivity contribution in [1.82, 2.24) is 15.5 Å². The Balaban J connectivity index is 1.84. The number of aliphatic imine (C=N–C) groups is 1. The standard InChI is InChI=1S/C15H20ClN5O/c1-2-3-8-18-15(17)19-9-7-13-20-14(21-22-13)11-5-4-6-12(16)10-11/h4-6,10H,2-3,7-9H2,1H3,(H3,17,18,19). The Morgan fingerprint density at radius 1 is 1.45 bits per heavy atom. The second-order valence-corrected chi connectivity index (χ2v) is 5.26.